The van der Waals surface area contributed by atoms with Crippen LogP contribution in [0.5, 0.6) is 0 Å². The third-order valence-electron chi connectivity index (χ3n) is 2.74. The molecule has 0 aliphatic rings. The van der Waals surface area contributed by atoms with E-state index in [2.05, 4.69) is 15.0 Å². The fraction of sp³-hybridized carbons (Fsp3) is 0.308. The van der Waals surface area contributed by atoms with E-state index in [0.29, 0.717) is 5.02 Å². The molecule has 0 N–H and O–H groups in total. The lowest BCUT2D eigenvalue weighted by atomic mass is 10.2. The molecule has 0 radical (unpaired) electrons. The van der Waals surface area contributed by atoms with Crippen molar-refractivity contribution < 1.29 is 0 Å². The lowest BCUT2D eigenvalue weighted by molar-refractivity contribution is 0.880. The molecule has 0 unspecified atom stereocenters. The number of rotatable bonds is 3. The Morgan fingerprint density at radius 3 is 2.44 bits per heavy atom. The van der Waals surface area contributed by atoms with Gasteiger partial charge >= 0.3 is 0 Å². The number of hydrogen-bond donors (Lipinski definition) is 0. The van der Waals surface area contributed by atoms with Gasteiger partial charge in [0.1, 0.15) is 0 Å². The minimum Gasteiger partial charge on any atom is -0.260 e. The molecule has 0 saturated heterocycles. The molecule has 18 heavy (non-hydrogen) atoms. The summed E-state index contributed by atoms with van der Waals surface area (Å²) in [6, 6.07) is 3.63. The molecule has 2 aromatic rings. The second kappa shape index (κ2) is 5.67. The standard InChI is InChI=1S/C13H14ClN3S/c1-8-9(2)16-13(17-10(8)3)18-7-12-6-11(14)4-5-15-12/h4-6H,7H2,1-3H3. The smallest absolute Gasteiger partial charge is 0.188 e. The quantitative estimate of drug-likeness (QED) is 0.634. The molecule has 0 amide bonds. The van der Waals surface area contributed by atoms with E-state index in [1.807, 2.05) is 26.8 Å². The van der Waals surface area contributed by atoms with E-state index < -0.39 is 0 Å². The largest absolute Gasteiger partial charge is 0.260 e. The normalized spacial score (nSPS) is 10.7. The summed E-state index contributed by atoms with van der Waals surface area (Å²) in [5.41, 5.74) is 4.15. The van der Waals surface area contributed by atoms with Gasteiger partial charge in [0.05, 0.1) is 5.69 Å². The highest BCUT2D eigenvalue weighted by Crippen LogP contribution is 2.21. The number of hydrogen-bond acceptors (Lipinski definition) is 4. The van der Waals surface area contributed by atoms with Gasteiger partial charge in [-0.1, -0.05) is 23.4 Å². The molecule has 94 valence electrons. The molecule has 3 nitrogen and oxygen atoms in total. The summed E-state index contributed by atoms with van der Waals surface area (Å²) in [4.78, 5) is 13.2. The maximum Gasteiger partial charge on any atom is 0.188 e. The Morgan fingerprint density at radius 1 is 1.17 bits per heavy atom. The maximum atomic E-state index is 5.92. The minimum atomic E-state index is 0.706. The summed E-state index contributed by atoms with van der Waals surface area (Å²) in [5, 5.41) is 1.50. The highest BCUT2D eigenvalue weighted by molar-refractivity contribution is 7.98. The molecule has 0 atom stereocenters. The van der Waals surface area contributed by atoms with Gasteiger partial charge < -0.3 is 0 Å². The van der Waals surface area contributed by atoms with Crippen molar-refractivity contribution in [1.29, 1.82) is 0 Å². The summed E-state index contributed by atoms with van der Waals surface area (Å²) < 4.78 is 0. The first-order chi connectivity index (χ1) is 8.56. The maximum absolute atomic E-state index is 5.92. The number of halogens is 1. The van der Waals surface area contributed by atoms with Crippen LogP contribution in [0.25, 0.3) is 0 Å². The van der Waals surface area contributed by atoms with E-state index in [4.69, 9.17) is 11.6 Å². The van der Waals surface area contributed by atoms with Gasteiger partial charge in [-0.25, -0.2) is 9.97 Å². The molecule has 2 aromatic heterocycles. The van der Waals surface area contributed by atoms with Gasteiger partial charge in [0.25, 0.3) is 0 Å². The Morgan fingerprint density at radius 2 is 1.83 bits per heavy atom. The molecule has 2 heterocycles. The van der Waals surface area contributed by atoms with Crippen LogP contribution >= 0.6 is 23.4 Å². The van der Waals surface area contributed by atoms with Crippen molar-refractivity contribution in [3.63, 3.8) is 0 Å². The van der Waals surface area contributed by atoms with Gasteiger partial charge in [-0.15, -0.1) is 0 Å². The summed E-state index contributed by atoms with van der Waals surface area (Å²) in [6.07, 6.45) is 1.71. The Balaban J connectivity index is 2.11. The molecule has 2 rings (SSSR count). The van der Waals surface area contributed by atoms with E-state index >= 15 is 0 Å². The first-order valence-electron chi connectivity index (χ1n) is 5.61. The lowest BCUT2D eigenvalue weighted by Crippen LogP contribution is -1.98. The van der Waals surface area contributed by atoms with Crippen LogP contribution in [0.3, 0.4) is 0 Å². The number of aromatic nitrogens is 3. The van der Waals surface area contributed by atoms with E-state index in [-0.39, 0.29) is 0 Å². The summed E-state index contributed by atoms with van der Waals surface area (Å²) in [6.45, 7) is 6.05. The minimum absolute atomic E-state index is 0.706. The molecule has 0 bridgehead atoms. The monoisotopic (exact) mass is 279 g/mol. The molecule has 0 spiro atoms. The van der Waals surface area contributed by atoms with Crippen molar-refractivity contribution in [2.75, 3.05) is 0 Å². The van der Waals surface area contributed by atoms with Crippen LogP contribution in [0.1, 0.15) is 22.6 Å². The zero-order valence-corrected chi connectivity index (χ0v) is 12.1. The van der Waals surface area contributed by atoms with Gasteiger partial charge in [0, 0.05) is 28.4 Å². The first kappa shape index (κ1) is 13.3. The van der Waals surface area contributed by atoms with Crippen LogP contribution in [0, 0.1) is 20.8 Å². The molecule has 0 fully saturated rings. The number of nitrogens with zero attached hydrogens (tertiary/aromatic N) is 3. The topological polar surface area (TPSA) is 38.7 Å². The Hall–Kier alpha value is -1.13. The predicted molar refractivity (Wildman–Crippen MR) is 75.1 cm³/mol. The van der Waals surface area contributed by atoms with Crippen molar-refractivity contribution in [1.82, 2.24) is 15.0 Å². The molecule has 5 heteroatoms. The third-order valence-corrected chi connectivity index (χ3v) is 3.86. The van der Waals surface area contributed by atoms with Crippen molar-refractivity contribution in [3.8, 4) is 0 Å². The Labute approximate surface area is 116 Å². The van der Waals surface area contributed by atoms with Crippen LogP contribution in [0.2, 0.25) is 5.02 Å². The summed E-state index contributed by atoms with van der Waals surface area (Å²) >= 11 is 7.49. The molecule has 0 aromatic carbocycles. The molecular formula is C13H14ClN3S. The zero-order valence-electron chi connectivity index (χ0n) is 10.6. The van der Waals surface area contributed by atoms with Crippen LogP contribution in [-0.4, -0.2) is 15.0 Å². The summed E-state index contributed by atoms with van der Waals surface area (Å²) in [5.74, 6) is 0.725. The van der Waals surface area contributed by atoms with Crippen LogP contribution in [-0.2, 0) is 5.75 Å². The van der Waals surface area contributed by atoms with Crippen molar-refractivity contribution in [3.05, 3.63) is 46.0 Å². The third kappa shape index (κ3) is 3.21. The van der Waals surface area contributed by atoms with E-state index in [9.17, 15) is 0 Å². The molecule has 0 aliphatic carbocycles. The number of pyridine rings is 1. The highest BCUT2D eigenvalue weighted by atomic mass is 35.5. The second-order valence-electron chi connectivity index (χ2n) is 4.06. The van der Waals surface area contributed by atoms with Gasteiger partial charge in [-0.2, -0.15) is 0 Å². The van der Waals surface area contributed by atoms with Gasteiger partial charge in [-0.05, 0) is 38.5 Å². The molecule has 0 saturated carbocycles. The van der Waals surface area contributed by atoms with Crippen molar-refractivity contribution >= 4 is 23.4 Å². The lowest BCUT2D eigenvalue weighted by Gasteiger charge is -2.06. The average molecular weight is 280 g/mol. The van der Waals surface area contributed by atoms with E-state index in [1.54, 1.807) is 24.0 Å². The number of thioether (sulfide) groups is 1. The van der Waals surface area contributed by atoms with Gasteiger partial charge in [0.2, 0.25) is 0 Å². The fourth-order valence-electron chi connectivity index (χ4n) is 1.47. The number of aryl methyl sites for hydroxylation is 2. The predicted octanol–water partition coefficient (Wildman–Crippen LogP) is 3.74. The molecule has 0 aliphatic heterocycles. The van der Waals surface area contributed by atoms with E-state index in [0.717, 1.165) is 33.6 Å². The van der Waals surface area contributed by atoms with E-state index in [1.165, 1.54) is 0 Å². The fourth-order valence-corrected chi connectivity index (χ4v) is 2.49. The Kier molecular flexibility index (Phi) is 4.19. The van der Waals surface area contributed by atoms with Gasteiger partial charge in [0.15, 0.2) is 5.16 Å². The molecular weight excluding hydrogens is 266 g/mol. The Bertz CT molecular complexity index is 549. The summed E-state index contributed by atoms with van der Waals surface area (Å²) in [7, 11) is 0. The SMILES string of the molecule is Cc1nc(SCc2cc(Cl)ccn2)nc(C)c1C. The van der Waals surface area contributed by atoms with Crippen LogP contribution in [0.4, 0.5) is 0 Å². The van der Waals surface area contributed by atoms with Gasteiger partial charge in [-0.3, -0.25) is 4.98 Å². The average Bonchev–Trinajstić information content (AvgIpc) is 2.33. The highest BCUT2D eigenvalue weighted by Gasteiger charge is 2.06. The van der Waals surface area contributed by atoms with Crippen molar-refractivity contribution in [2.24, 2.45) is 0 Å². The second-order valence-corrected chi connectivity index (χ2v) is 5.44. The van der Waals surface area contributed by atoms with Crippen molar-refractivity contribution in [2.45, 2.75) is 31.7 Å². The van der Waals surface area contributed by atoms with Crippen LogP contribution < -0.4 is 0 Å². The van der Waals surface area contributed by atoms with Crippen LogP contribution in [0.15, 0.2) is 23.5 Å². The first-order valence-corrected chi connectivity index (χ1v) is 6.97. The zero-order chi connectivity index (χ0) is 13.1.